The average molecular weight is 272 g/mol. The molecule has 20 heavy (non-hydrogen) atoms. The van der Waals surface area contributed by atoms with Crippen molar-refractivity contribution in [2.75, 3.05) is 17.4 Å². The summed E-state index contributed by atoms with van der Waals surface area (Å²) in [5.41, 5.74) is 4.64. The molecule has 0 saturated carbocycles. The maximum Gasteiger partial charge on any atom is 0.148 e. The first kappa shape index (κ1) is 14.2. The number of hydrogen-bond acceptors (Lipinski definition) is 6. The van der Waals surface area contributed by atoms with Crippen molar-refractivity contribution in [2.45, 2.75) is 26.3 Å². The molecule has 0 aliphatic heterocycles. The van der Waals surface area contributed by atoms with Crippen LogP contribution in [0.2, 0.25) is 0 Å². The van der Waals surface area contributed by atoms with E-state index in [1.807, 2.05) is 25.2 Å². The second-order valence-electron chi connectivity index (χ2n) is 4.94. The van der Waals surface area contributed by atoms with E-state index >= 15 is 0 Å². The first-order valence-corrected chi connectivity index (χ1v) is 6.56. The summed E-state index contributed by atoms with van der Waals surface area (Å²) in [5.74, 6) is 7.34. The van der Waals surface area contributed by atoms with Gasteiger partial charge in [0.05, 0.1) is 12.2 Å². The minimum atomic E-state index is 0.267. The summed E-state index contributed by atoms with van der Waals surface area (Å²) in [6.07, 6.45) is 3.31. The fraction of sp³-hybridized carbons (Fsp3) is 0.357. The van der Waals surface area contributed by atoms with E-state index in [1.54, 1.807) is 6.20 Å². The van der Waals surface area contributed by atoms with Gasteiger partial charge < -0.3 is 10.3 Å². The molecule has 2 heterocycles. The summed E-state index contributed by atoms with van der Waals surface area (Å²) in [5, 5.41) is 0. The van der Waals surface area contributed by atoms with Crippen LogP contribution in [0.1, 0.15) is 31.0 Å². The fourth-order valence-electron chi connectivity index (χ4n) is 2.15. The van der Waals surface area contributed by atoms with Crippen molar-refractivity contribution < 1.29 is 0 Å². The SMILES string of the molecule is CC(C)c1c(NN)ncnc1N(C)Cc1ccccn1. The minimum absolute atomic E-state index is 0.267. The van der Waals surface area contributed by atoms with Crippen LogP contribution in [-0.4, -0.2) is 22.0 Å². The van der Waals surface area contributed by atoms with Crippen LogP contribution < -0.4 is 16.2 Å². The van der Waals surface area contributed by atoms with E-state index in [9.17, 15) is 0 Å². The van der Waals surface area contributed by atoms with E-state index in [2.05, 4.69) is 39.1 Å². The molecule has 0 amide bonds. The highest BCUT2D eigenvalue weighted by molar-refractivity contribution is 5.59. The van der Waals surface area contributed by atoms with Crippen LogP contribution in [0.5, 0.6) is 0 Å². The highest BCUT2D eigenvalue weighted by Crippen LogP contribution is 2.30. The largest absolute Gasteiger partial charge is 0.353 e. The summed E-state index contributed by atoms with van der Waals surface area (Å²) < 4.78 is 0. The second kappa shape index (κ2) is 6.29. The third-order valence-corrected chi connectivity index (χ3v) is 3.06. The van der Waals surface area contributed by atoms with Crippen molar-refractivity contribution in [2.24, 2.45) is 5.84 Å². The number of nitrogens with zero attached hydrogens (tertiary/aromatic N) is 4. The molecule has 2 aromatic rings. The van der Waals surface area contributed by atoms with Crippen LogP contribution in [0, 0.1) is 0 Å². The Morgan fingerprint density at radius 2 is 2.05 bits per heavy atom. The van der Waals surface area contributed by atoms with Gasteiger partial charge in [0, 0.05) is 18.8 Å². The van der Waals surface area contributed by atoms with Gasteiger partial charge in [-0.1, -0.05) is 19.9 Å². The van der Waals surface area contributed by atoms with Crippen LogP contribution in [-0.2, 0) is 6.54 Å². The second-order valence-corrected chi connectivity index (χ2v) is 4.94. The molecule has 0 atom stereocenters. The van der Waals surface area contributed by atoms with Crippen LogP contribution in [0.3, 0.4) is 0 Å². The molecular formula is C14H20N6. The van der Waals surface area contributed by atoms with Crippen molar-refractivity contribution in [3.05, 3.63) is 42.0 Å². The number of hydrazine groups is 1. The van der Waals surface area contributed by atoms with E-state index in [0.717, 1.165) is 17.1 Å². The summed E-state index contributed by atoms with van der Waals surface area (Å²) in [6.45, 7) is 4.87. The maximum absolute atomic E-state index is 5.54. The summed E-state index contributed by atoms with van der Waals surface area (Å²) in [7, 11) is 1.99. The first-order chi connectivity index (χ1) is 9.63. The third kappa shape index (κ3) is 3.03. The smallest absolute Gasteiger partial charge is 0.148 e. The molecule has 0 aromatic carbocycles. The number of anilines is 2. The third-order valence-electron chi connectivity index (χ3n) is 3.06. The summed E-state index contributed by atoms with van der Waals surface area (Å²) in [6, 6.07) is 5.88. The number of pyridine rings is 1. The van der Waals surface area contributed by atoms with E-state index < -0.39 is 0 Å². The normalized spacial score (nSPS) is 10.7. The molecule has 0 saturated heterocycles. The van der Waals surface area contributed by atoms with Crippen LogP contribution in [0.4, 0.5) is 11.6 Å². The number of aromatic nitrogens is 3. The molecule has 6 heteroatoms. The van der Waals surface area contributed by atoms with Crippen molar-refractivity contribution in [3.63, 3.8) is 0 Å². The van der Waals surface area contributed by atoms with Gasteiger partial charge in [-0.3, -0.25) is 4.98 Å². The van der Waals surface area contributed by atoms with Gasteiger partial charge in [0.25, 0.3) is 0 Å². The number of nitrogens with one attached hydrogen (secondary N) is 1. The molecule has 3 N–H and O–H groups in total. The zero-order chi connectivity index (χ0) is 14.5. The molecule has 0 fully saturated rings. The Kier molecular flexibility index (Phi) is 4.47. The van der Waals surface area contributed by atoms with Crippen LogP contribution in [0.25, 0.3) is 0 Å². The van der Waals surface area contributed by atoms with Gasteiger partial charge in [0.15, 0.2) is 0 Å². The molecular weight excluding hydrogens is 252 g/mol. The Hall–Kier alpha value is -2.21. The van der Waals surface area contributed by atoms with Gasteiger partial charge in [0.1, 0.15) is 18.0 Å². The zero-order valence-electron chi connectivity index (χ0n) is 12.0. The van der Waals surface area contributed by atoms with Gasteiger partial charge >= 0.3 is 0 Å². The lowest BCUT2D eigenvalue weighted by Gasteiger charge is -2.23. The number of nitrogen functional groups attached to an aromatic ring is 1. The lowest BCUT2D eigenvalue weighted by molar-refractivity contribution is 0.800. The van der Waals surface area contributed by atoms with Gasteiger partial charge in [-0.2, -0.15) is 0 Å². The van der Waals surface area contributed by atoms with Gasteiger partial charge in [0.2, 0.25) is 0 Å². The molecule has 0 aliphatic rings. The summed E-state index contributed by atoms with van der Waals surface area (Å²) in [4.78, 5) is 15.0. The lowest BCUT2D eigenvalue weighted by atomic mass is 10.0. The Balaban J connectivity index is 2.32. The highest BCUT2D eigenvalue weighted by Gasteiger charge is 2.17. The standard InChI is InChI=1S/C14H20N6/c1-10(2)12-13(19-15)17-9-18-14(12)20(3)8-11-6-4-5-7-16-11/h4-7,9-10H,8,15H2,1-3H3,(H,17,18,19). The van der Waals surface area contributed by atoms with Crippen molar-refractivity contribution in [1.82, 2.24) is 15.0 Å². The number of rotatable bonds is 5. The molecule has 2 aromatic heterocycles. The average Bonchev–Trinajstić information content (AvgIpc) is 2.47. The van der Waals surface area contributed by atoms with Crippen molar-refractivity contribution in [1.29, 1.82) is 0 Å². The monoisotopic (exact) mass is 272 g/mol. The Morgan fingerprint density at radius 3 is 2.65 bits per heavy atom. The molecule has 0 bridgehead atoms. The predicted molar refractivity (Wildman–Crippen MR) is 80.3 cm³/mol. The van der Waals surface area contributed by atoms with Crippen molar-refractivity contribution in [3.8, 4) is 0 Å². The number of nitrogens with two attached hydrogens (primary N) is 1. The van der Waals surface area contributed by atoms with Gasteiger partial charge in [-0.15, -0.1) is 0 Å². The molecule has 0 radical (unpaired) electrons. The molecule has 0 spiro atoms. The Bertz CT molecular complexity index is 555. The van der Waals surface area contributed by atoms with Gasteiger partial charge in [-0.25, -0.2) is 15.8 Å². The summed E-state index contributed by atoms with van der Waals surface area (Å²) >= 11 is 0. The fourth-order valence-corrected chi connectivity index (χ4v) is 2.15. The Morgan fingerprint density at radius 1 is 1.25 bits per heavy atom. The number of hydrogen-bond donors (Lipinski definition) is 2. The maximum atomic E-state index is 5.54. The van der Waals surface area contributed by atoms with E-state index in [4.69, 9.17) is 5.84 Å². The predicted octanol–water partition coefficient (Wildman–Crippen LogP) is 1.92. The molecule has 106 valence electrons. The van der Waals surface area contributed by atoms with E-state index in [1.165, 1.54) is 6.33 Å². The molecule has 0 aliphatic carbocycles. The van der Waals surface area contributed by atoms with Crippen LogP contribution in [0.15, 0.2) is 30.7 Å². The minimum Gasteiger partial charge on any atom is -0.353 e. The quantitative estimate of drug-likeness (QED) is 0.639. The van der Waals surface area contributed by atoms with E-state index in [0.29, 0.717) is 12.4 Å². The molecule has 6 nitrogen and oxygen atoms in total. The molecule has 2 rings (SSSR count). The lowest BCUT2D eigenvalue weighted by Crippen LogP contribution is -2.22. The first-order valence-electron chi connectivity index (χ1n) is 6.56. The molecule has 0 unspecified atom stereocenters. The highest BCUT2D eigenvalue weighted by atomic mass is 15.3. The van der Waals surface area contributed by atoms with Crippen LogP contribution >= 0.6 is 0 Å². The Labute approximate surface area is 119 Å². The van der Waals surface area contributed by atoms with E-state index in [-0.39, 0.29) is 5.92 Å². The topological polar surface area (TPSA) is 80.0 Å². The van der Waals surface area contributed by atoms with Crippen molar-refractivity contribution >= 4 is 11.6 Å². The zero-order valence-corrected chi connectivity index (χ0v) is 12.0. The van der Waals surface area contributed by atoms with Gasteiger partial charge in [-0.05, 0) is 18.1 Å².